The van der Waals surface area contributed by atoms with E-state index in [-0.39, 0.29) is 23.8 Å². The Morgan fingerprint density at radius 3 is 2.19 bits per heavy atom. The van der Waals surface area contributed by atoms with Gasteiger partial charge in [-0.1, -0.05) is 60.7 Å². The van der Waals surface area contributed by atoms with Gasteiger partial charge in [-0.2, -0.15) is 0 Å². The highest BCUT2D eigenvalue weighted by Crippen LogP contribution is 2.40. The van der Waals surface area contributed by atoms with Gasteiger partial charge in [0, 0.05) is 26.1 Å². The van der Waals surface area contributed by atoms with Crippen LogP contribution >= 0.6 is 0 Å². The first-order valence-electron chi connectivity index (χ1n) is 9.91. The summed E-state index contributed by atoms with van der Waals surface area (Å²) in [5.41, 5.74) is 2.15. The Bertz CT molecular complexity index is 785. The average Bonchev–Trinajstić information content (AvgIpc) is 3.05. The number of hydrogen-bond donors (Lipinski definition) is 0. The van der Waals surface area contributed by atoms with Crippen molar-refractivity contribution in [1.29, 1.82) is 0 Å². The standard InChI is InChI=1S/C23H26N2O2/c26-21-16-20(23(27)24-14-8-3-9-15-24)22(19-12-6-2-7-13-19)25(21)17-18-10-4-1-5-11-18/h1-2,4-7,10-13,20,22H,3,8-9,14-17H2/t20-,22+/m1/s1. The van der Waals surface area contributed by atoms with Crippen LogP contribution in [0.25, 0.3) is 0 Å². The summed E-state index contributed by atoms with van der Waals surface area (Å²) in [6.45, 7) is 2.19. The van der Waals surface area contributed by atoms with Crippen LogP contribution in [0.3, 0.4) is 0 Å². The van der Waals surface area contributed by atoms with Crippen molar-refractivity contribution in [2.45, 2.75) is 38.3 Å². The molecule has 2 aromatic rings. The number of carbonyl (C=O) groups is 2. The van der Waals surface area contributed by atoms with Crippen molar-refractivity contribution in [2.24, 2.45) is 5.92 Å². The number of piperidine rings is 1. The van der Waals surface area contributed by atoms with Crippen molar-refractivity contribution in [3.8, 4) is 0 Å². The molecule has 0 N–H and O–H groups in total. The molecule has 2 fully saturated rings. The summed E-state index contributed by atoms with van der Waals surface area (Å²) in [7, 11) is 0. The SMILES string of the molecule is O=C([C@@H]1CC(=O)N(Cc2ccccc2)[C@H]1c1ccccc1)N1CCCCC1. The highest BCUT2D eigenvalue weighted by Gasteiger charge is 2.45. The molecule has 0 unspecified atom stereocenters. The summed E-state index contributed by atoms with van der Waals surface area (Å²) in [5.74, 6) is -0.0720. The Balaban J connectivity index is 1.64. The van der Waals surface area contributed by atoms with Gasteiger partial charge < -0.3 is 9.80 Å². The van der Waals surface area contributed by atoms with Gasteiger partial charge in [0.05, 0.1) is 12.0 Å². The maximum atomic E-state index is 13.3. The molecular weight excluding hydrogens is 336 g/mol. The van der Waals surface area contributed by atoms with Crippen LogP contribution in [0.5, 0.6) is 0 Å². The molecule has 0 spiro atoms. The Morgan fingerprint density at radius 2 is 1.52 bits per heavy atom. The number of nitrogens with zero attached hydrogens (tertiary/aromatic N) is 2. The maximum Gasteiger partial charge on any atom is 0.228 e. The van der Waals surface area contributed by atoms with E-state index in [1.54, 1.807) is 0 Å². The molecule has 4 rings (SSSR count). The van der Waals surface area contributed by atoms with Gasteiger partial charge >= 0.3 is 0 Å². The van der Waals surface area contributed by atoms with Crippen LogP contribution in [0.2, 0.25) is 0 Å². The molecule has 2 aliphatic heterocycles. The fraction of sp³-hybridized carbons (Fsp3) is 0.391. The van der Waals surface area contributed by atoms with Crippen molar-refractivity contribution in [2.75, 3.05) is 13.1 Å². The van der Waals surface area contributed by atoms with Crippen molar-refractivity contribution in [1.82, 2.24) is 9.80 Å². The molecule has 2 amide bonds. The van der Waals surface area contributed by atoms with Gasteiger partial charge in [-0.3, -0.25) is 9.59 Å². The molecule has 0 aromatic heterocycles. The number of amides is 2. The highest BCUT2D eigenvalue weighted by molar-refractivity contribution is 5.90. The second kappa shape index (κ2) is 7.95. The number of hydrogen-bond acceptors (Lipinski definition) is 2. The first kappa shape index (κ1) is 17.8. The molecule has 2 aliphatic rings. The lowest BCUT2D eigenvalue weighted by Crippen LogP contribution is -2.41. The van der Waals surface area contributed by atoms with Gasteiger partial charge in [-0.05, 0) is 30.4 Å². The predicted molar refractivity (Wildman–Crippen MR) is 105 cm³/mol. The van der Waals surface area contributed by atoms with Gasteiger partial charge in [-0.25, -0.2) is 0 Å². The van der Waals surface area contributed by atoms with E-state index in [1.807, 2.05) is 70.5 Å². The van der Waals surface area contributed by atoms with Gasteiger partial charge in [-0.15, -0.1) is 0 Å². The third kappa shape index (κ3) is 3.75. The second-order valence-electron chi connectivity index (χ2n) is 7.56. The zero-order chi connectivity index (χ0) is 18.6. The lowest BCUT2D eigenvalue weighted by atomic mass is 9.91. The smallest absolute Gasteiger partial charge is 0.228 e. The minimum Gasteiger partial charge on any atom is -0.342 e. The van der Waals surface area contributed by atoms with Crippen LogP contribution in [0.15, 0.2) is 60.7 Å². The van der Waals surface area contributed by atoms with E-state index in [2.05, 4.69) is 0 Å². The zero-order valence-electron chi connectivity index (χ0n) is 15.6. The number of rotatable bonds is 4. The summed E-state index contributed by atoms with van der Waals surface area (Å²) in [4.78, 5) is 30.1. The van der Waals surface area contributed by atoms with Crippen LogP contribution in [0.4, 0.5) is 0 Å². The predicted octanol–water partition coefficient (Wildman–Crippen LogP) is 3.79. The van der Waals surface area contributed by atoms with E-state index < -0.39 is 0 Å². The first-order valence-corrected chi connectivity index (χ1v) is 9.91. The fourth-order valence-corrected chi connectivity index (χ4v) is 4.39. The summed E-state index contributed by atoms with van der Waals surface area (Å²) in [5, 5.41) is 0. The number of benzene rings is 2. The van der Waals surface area contributed by atoms with Gasteiger partial charge in [0.2, 0.25) is 11.8 Å². The van der Waals surface area contributed by atoms with Crippen LogP contribution in [-0.2, 0) is 16.1 Å². The summed E-state index contributed by atoms with van der Waals surface area (Å²) >= 11 is 0. The monoisotopic (exact) mass is 362 g/mol. The highest BCUT2D eigenvalue weighted by atomic mass is 16.2. The molecule has 0 saturated carbocycles. The van der Waals surface area contributed by atoms with Crippen LogP contribution in [0, 0.1) is 5.92 Å². The van der Waals surface area contributed by atoms with E-state index >= 15 is 0 Å². The Kier molecular flexibility index (Phi) is 5.23. The van der Waals surface area contributed by atoms with E-state index in [1.165, 1.54) is 6.42 Å². The molecule has 0 bridgehead atoms. The molecule has 2 atom stereocenters. The molecule has 2 aromatic carbocycles. The Morgan fingerprint density at radius 1 is 0.889 bits per heavy atom. The second-order valence-corrected chi connectivity index (χ2v) is 7.56. The topological polar surface area (TPSA) is 40.6 Å². The molecule has 4 heteroatoms. The molecule has 0 aliphatic carbocycles. The average molecular weight is 362 g/mol. The Labute approximate surface area is 160 Å². The summed E-state index contributed by atoms with van der Waals surface area (Å²) in [6, 6.07) is 19.9. The van der Waals surface area contributed by atoms with E-state index in [9.17, 15) is 9.59 Å². The summed E-state index contributed by atoms with van der Waals surface area (Å²) < 4.78 is 0. The normalized spacial score (nSPS) is 22.9. The lowest BCUT2D eigenvalue weighted by molar-refractivity contribution is -0.137. The van der Waals surface area contributed by atoms with E-state index in [0.717, 1.165) is 37.1 Å². The lowest BCUT2D eigenvalue weighted by Gasteiger charge is -2.33. The van der Waals surface area contributed by atoms with Crippen LogP contribution < -0.4 is 0 Å². The van der Waals surface area contributed by atoms with Gasteiger partial charge in [0.25, 0.3) is 0 Å². The van der Waals surface area contributed by atoms with E-state index in [0.29, 0.717) is 13.0 Å². The zero-order valence-corrected chi connectivity index (χ0v) is 15.6. The van der Waals surface area contributed by atoms with Crippen molar-refractivity contribution in [3.05, 3.63) is 71.8 Å². The molecule has 2 heterocycles. The molecule has 0 radical (unpaired) electrons. The van der Waals surface area contributed by atoms with Crippen molar-refractivity contribution < 1.29 is 9.59 Å². The van der Waals surface area contributed by atoms with Crippen LogP contribution in [-0.4, -0.2) is 34.7 Å². The fourth-order valence-electron chi connectivity index (χ4n) is 4.39. The van der Waals surface area contributed by atoms with Gasteiger partial charge in [0.15, 0.2) is 0 Å². The Hall–Kier alpha value is -2.62. The molecular formula is C23H26N2O2. The van der Waals surface area contributed by atoms with Crippen molar-refractivity contribution >= 4 is 11.8 Å². The summed E-state index contributed by atoms with van der Waals surface area (Å²) in [6.07, 6.45) is 3.63. The van der Waals surface area contributed by atoms with Gasteiger partial charge in [0.1, 0.15) is 0 Å². The first-order chi connectivity index (χ1) is 13.2. The maximum absolute atomic E-state index is 13.3. The number of carbonyl (C=O) groups excluding carboxylic acids is 2. The number of likely N-dealkylation sites (tertiary alicyclic amines) is 2. The van der Waals surface area contributed by atoms with Crippen molar-refractivity contribution in [3.63, 3.8) is 0 Å². The molecule has 4 nitrogen and oxygen atoms in total. The molecule has 2 saturated heterocycles. The minimum absolute atomic E-state index is 0.0723. The quantitative estimate of drug-likeness (QED) is 0.830. The largest absolute Gasteiger partial charge is 0.342 e. The molecule has 140 valence electrons. The third-order valence-corrected chi connectivity index (χ3v) is 5.75. The third-order valence-electron chi connectivity index (χ3n) is 5.75. The van der Waals surface area contributed by atoms with E-state index in [4.69, 9.17) is 0 Å². The minimum atomic E-state index is -0.290. The molecule has 27 heavy (non-hydrogen) atoms. The van der Waals surface area contributed by atoms with Crippen LogP contribution in [0.1, 0.15) is 42.9 Å².